The maximum atomic E-state index is 10.6. The summed E-state index contributed by atoms with van der Waals surface area (Å²) in [6.45, 7) is 6.15. The SMILES string of the molecule is CN(C)C(NC(N)=O)C(C)(C)C. The number of urea groups is 1. The first-order valence-corrected chi connectivity index (χ1v) is 3.97. The van der Waals surface area contributed by atoms with E-state index < -0.39 is 6.03 Å². The quantitative estimate of drug-likeness (QED) is 0.600. The lowest BCUT2D eigenvalue weighted by Crippen LogP contribution is -2.53. The van der Waals surface area contributed by atoms with Crippen molar-refractivity contribution in [3.63, 3.8) is 0 Å². The molecule has 0 aromatic rings. The van der Waals surface area contributed by atoms with E-state index in [-0.39, 0.29) is 11.6 Å². The van der Waals surface area contributed by atoms with Crippen LogP contribution in [0.5, 0.6) is 0 Å². The summed E-state index contributed by atoms with van der Waals surface area (Å²) in [6.07, 6.45) is -0.0324. The van der Waals surface area contributed by atoms with Crippen molar-refractivity contribution < 1.29 is 4.79 Å². The van der Waals surface area contributed by atoms with Gasteiger partial charge in [-0.3, -0.25) is 4.90 Å². The van der Waals surface area contributed by atoms with Crippen LogP contribution in [0.15, 0.2) is 0 Å². The van der Waals surface area contributed by atoms with Gasteiger partial charge < -0.3 is 11.1 Å². The molecule has 0 aliphatic heterocycles. The molecule has 0 saturated carbocycles. The summed E-state index contributed by atoms with van der Waals surface area (Å²) in [5.74, 6) is 0. The molecule has 0 heterocycles. The fourth-order valence-corrected chi connectivity index (χ4v) is 1.25. The summed E-state index contributed by atoms with van der Waals surface area (Å²) in [6, 6.07) is -0.483. The smallest absolute Gasteiger partial charge is 0.313 e. The summed E-state index contributed by atoms with van der Waals surface area (Å²) in [4.78, 5) is 12.6. The molecule has 12 heavy (non-hydrogen) atoms. The molecule has 0 fully saturated rings. The highest BCUT2D eigenvalue weighted by Gasteiger charge is 2.27. The first-order valence-electron chi connectivity index (χ1n) is 3.97. The third kappa shape index (κ3) is 3.57. The Morgan fingerprint density at radius 1 is 1.42 bits per heavy atom. The molecule has 0 aliphatic carbocycles. The second kappa shape index (κ2) is 3.76. The standard InChI is InChI=1S/C8H19N3O/c1-8(2,3)6(11(4)5)10-7(9)12/h6H,1-5H3,(H3,9,10,12). The Kier molecular flexibility index (Phi) is 3.52. The Morgan fingerprint density at radius 2 is 1.83 bits per heavy atom. The average Bonchev–Trinajstić information content (AvgIpc) is 1.79. The number of carbonyl (C=O) groups excluding carboxylic acids is 1. The van der Waals surface area contributed by atoms with Crippen molar-refractivity contribution in [3.8, 4) is 0 Å². The number of nitrogens with two attached hydrogens (primary N) is 1. The van der Waals surface area contributed by atoms with E-state index in [0.717, 1.165) is 0 Å². The van der Waals surface area contributed by atoms with Gasteiger partial charge in [-0.05, 0) is 19.5 Å². The van der Waals surface area contributed by atoms with Crippen molar-refractivity contribution in [1.82, 2.24) is 10.2 Å². The molecule has 4 nitrogen and oxygen atoms in total. The first kappa shape index (κ1) is 11.2. The highest BCUT2D eigenvalue weighted by Crippen LogP contribution is 2.20. The molecule has 4 heteroatoms. The Labute approximate surface area is 74.1 Å². The normalized spacial score (nSPS) is 14.5. The topological polar surface area (TPSA) is 58.4 Å². The van der Waals surface area contributed by atoms with Gasteiger partial charge in [0.2, 0.25) is 0 Å². The van der Waals surface area contributed by atoms with Crippen LogP contribution in [-0.4, -0.2) is 31.2 Å². The van der Waals surface area contributed by atoms with Gasteiger partial charge in [-0.2, -0.15) is 0 Å². The van der Waals surface area contributed by atoms with Gasteiger partial charge in [0.25, 0.3) is 0 Å². The van der Waals surface area contributed by atoms with Crippen LogP contribution in [-0.2, 0) is 0 Å². The third-order valence-electron chi connectivity index (χ3n) is 1.62. The molecule has 0 aromatic carbocycles. The van der Waals surface area contributed by atoms with Gasteiger partial charge in [-0.15, -0.1) is 0 Å². The maximum absolute atomic E-state index is 10.6. The molecule has 72 valence electrons. The van der Waals surface area contributed by atoms with E-state index in [1.54, 1.807) is 0 Å². The first-order chi connectivity index (χ1) is 5.25. The molecule has 0 rings (SSSR count). The number of carbonyl (C=O) groups is 1. The van der Waals surface area contributed by atoms with Gasteiger partial charge in [-0.1, -0.05) is 20.8 Å². The van der Waals surface area contributed by atoms with Crippen LogP contribution in [0, 0.1) is 5.41 Å². The number of nitrogens with zero attached hydrogens (tertiary/aromatic N) is 1. The van der Waals surface area contributed by atoms with Crippen LogP contribution in [0.3, 0.4) is 0 Å². The molecule has 0 radical (unpaired) electrons. The molecule has 0 saturated heterocycles. The van der Waals surface area contributed by atoms with E-state index in [1.807, 2.05) is 39.8 Å². The van der Waals surface area contributed by atoms with Crippen LogP contribution in [0.2, 0.25) is 0 Å². The van der Waals surface area contributed by atoms with Crippen molar-refractivity contribution in [3.05, 3.63) is 0 Å². The Morgan fingerprint density at radius 3 is 1.92 bits per heavy atom. The van der Waals surface area contributed by atoms with Crippen molar-refractivity contribution in [2.45, 2.75) is 26.9 Å². The van der Waals surface area contributed by atoms with E-state index in [1.165, 1.54) is 0 Å². The highest BCUT2D eigenvalue weighted by molar-refractivity contribution is 5.71. The maximum Gasteiger partial charge on any atom is 0.313 e. The zero-order valence-corrected chi connectivity index (χ0v) is 8.51. The van der Waals surface area contributed by atoms with E-state index in [4.69, 9.17) is 5.73 Å². The fraction of sp³-hybridized carbons (Fsp3) is 0.875. The van der Waals surface area contributed by atoms with Gasteiger partial charge in [0.05, 0.1) is 6.17 Å². The zero-order valence-electron chi connectivity index (χ0n) is 8.51. The predicted molar refractivity (Wildman–Crippen MR) is 49.6 cm³/mol. The Hall–Kier alpha value is -0.770. The fourth-order valence-electron chi connectivity index (χ4n) is 1.25. The molecule has 0 bridgehead atoms. The van der Waals surface area contributed by atoms with Crippen LogP contribution < -0.4 is 11.1 Å². The van der Waals surface area contributed by atoms with Crippen LogP contribution in [0.25, 0.3) is 0 Å². The number of hydrogen-bond donors (Lipinski definition) is 2. The van der Waals surface area contributed by atoms with Gasteiger partial charge in [-0.25, -0.2) is 4.79 Å². The van der Waals surface area contributed by atoms with E-state index in [9.17, 15) is 4.79 Å². The minimum absolute atomic E-state index is 0.0153. The minimum Gasteiger partial charge on any atom is -0.352 e. The Balaban J connectivity index is 4.35. The molecule has 0 spiro atoms. The Bertz CT molecular complexity index is 160. The summed E-state index contributed by atoms with van der Waals surface area (Å²) in [5, 5.41) is 2.68. The second-order valence-corrected chi connectivity index (χ2v) is 4.24. The van der Waals surface area contributed by atoms with Gasteiger partial charge in [0, 0.05) is 0 Å². The molecule has 0 aromatic heterocycles. The molecule has 3 N–H and O–H groups in total. The number of amides is 2. The summed E-state index contributed by atoms with van der Waals surface area (Å²) in [7, 11) is 3.82. The minimum atomic E-state index is -0.483. The lowest BCUT2D eigenvalue weighted by molar-refractivity contribution is 0.125. The van der Waals surface area contributed by atoms with Gasteiger partial charge in [0.1, 0.15) is 0 Å². The van der Waals surface area contributed by atoms with E-state index in [0.29, 0.717) is 0 Å². The molecule has 1 unspecified atom stereocenters. The van der Waals surface area contributed by atoms with Crippen molar-refractivity contribution in [2.24, 2.45) is 11.1 Å². The number of nitrogens with one attached hydrogen (secondary N) is 1. The average molecular weight is 173 g/mol. The van der Waals surface area contributed by atoms with E-state index in [2.05, 4.69) is 5.32 Å². The largest absolute Gasteiger partial charge is 0.352 e. The van der Waals surface area contributed by atoms with Crippen LogP contribution in [0.4, 0.5) is 4.79 Å². The van der Waals surface area contributed by atoms with E-state index >= 15 is 0 Å². The number of primary amides is 1. The summed E-state index contributed by atoms with van der Waals surface area (Å²) >= 11 is 0. The highest BCUT2D eigenvalue weighted by atomic mass is 16.2. The summed E-state index contributed by atoms with van der Waals surface area (Å²) < 4.78 is 0. The van der Waals surface area contributed by atoms with Crippen molar-refractivity contribution >= 4 is 6.03 Å². The van der Waals surface area contributed by atoms with Crippen LogP contribution >= 0.6 is 0 Å². The van der Waals surface area contributed by atoms with Crippen molar-refractivity contribution in [1.29, 1.82) is 0 Å². The monoisotopic (exact) mass is 173 g/mol. The molecule has 2 amide bonds. The summed E-state index contributed by atoms with van der Waals surface area (Å²) in [5.41, 5.74) is 5.04. The van der Waals surface area contributed by atoms with Gasteiger partial charge in [0.15, 0.2) is 0 Å². The van der Waals surface area contributed by atoms with Gasteiger partial charge >= 0.3 is 6.03 Å². The molecule has 0 aliphatic rings. The number of rotatable bonds is 2. The predicted octanol–water partition coefficient (Wildman–Crippen LogP) is 0.588. The molecular formula is C8H19N3O. The van der Waals surface area contributed by atoms with Crippen LogP contribution in [0.1, 0.15) is 20.8 Å². The molecule has 1 atom stereocenters. The number of hydrogen-bond acceptors (Lipinski definition) is 2. The second-order valence-electron chi connectivity index (χ2n) is 4.24. The third-order valence-corrected chi connectivity index (χ3v) is 1.62. The van der Waals surface area contributed by atoms with Crippen molar-refractivity contribution in [2.75, 3.05) is 14.1 Å². The zero-order chi connectivity index (χ0) is 9.94. The molecular weight excluding hydrogens is 154 g/mol. The lowest BCUT2D eigenvalue weighted by atomic mass is 9.91. The lowest BCUT2D eigenvalue weighted by Gasteiger charge is -2.35.